The molecular formula is C19H27N3O4. The van der Waals surface area contributed by atoms with Crippen LogP contribution < -0.4 is 11.1 Å². The van der Waals surface area contributed by atoms with Crippen LogP contribution in [0, 0.1) is 0 Å². The van der Waals surface area contributed by atoms with Gasteiger partial charge in [0.15, 0.2) is 0 Å². The van der Waals surface area contributed by atoms with Crippen LogP contribution in [0.25, 0.3) is 0 Å². The van der Waals surface area contributed by atoms with Gasteiger partial charge in [0.1, 0.15) is 0 Å². The number of ether oxygens (including phenoxy) is 1. The lowest BCUT2D eigenvalue weighted by Gasteiger charge is -2.46. The van der Waals surface area contributed by atoms with E-state index in [2.05, 4.69) is 10.2 Å². The number of piperidine rings is 1. The maximum absolute atomic E-state index is 12.1. The maximum Gasteiger partial charge on any atom is 0.248 e. The summed E-state index contributed by atoms with van der Waals surface area (Å²) in [6.07, 6.45) is 3.39. The Kier molecular flexibility index (Phi) is 5.90. The first-order chi connectivity index (χ1) is 12.5. The lowest BCUT2D eigenvalue weighted by Crippen LogP contribution is -2.55. The molecule has 0 aromatic heterocycles. The van der Waals surface area contributed by atoms with Crippen LogP contribution >= 0.6 is 0 Å². The highest BCUT2D eigenvalue weighted by molar-refractivity contribution is 5.94. The quantitative estimate of drug-likeness (QED) is 0.729. The van der Waals surface area contributed by atoms with Gasteiger partial charge in [0.05, 0.1) is 11.7 Å². The van der Waals surface area contributed by atoms with E-state index in [1.165, 1.54) is 0 Å². The molecule has 0 bridgehead atoms. The summed E-state index contributed by atoms with van der Waals surface area (Å²) in [6, 6.07) is 6.53. The van der Waals surface area contributed by atoms with Gasteiger partial charge in [-0.05, 0) is 49.9 Å². The molecule has 2 amide bonds. The number of nitrogens with two attached hydrogens (primary N) is 1. The minimum atomic E-state index is -0.488. The minimum Gasteiger partial charge on any atom is -0.390 e. The van der Waals surface area contributed by atoms with Gasteiger partial charge in [0.25, 0.3) is 0 Å². The van der Waals surface area contributed by atoms with E-state index in [1.54, 1.807) is 24.3 Å². The largest absolute Gasteiger partial charge is 0.390 e. The van der Waals surface area contributed by atoms with E-state index in [0.717, 1.165) is 45.4 Å². The van der Waals surface area contributed by atoms with Crippen molar-refractivity contribution in [3.8, 4) is 0 Å². The molecule has 7 nitrogen and oxygen atoms in total. The van der Waals surface area contributed by atoms with Crippen molar-refractivity contribution in [1.82, 2.24) is 4.90 Å². The van der Waals surface area contributed by atoms with Gasteiger partial charge in [0.2, 0.25) is 11.8 Å². The first-order valence-electron chi connectivity index (χ1n) is 9.23. The van der Waals surface area contributed by atoms with E-state index < -0.39 is 5.91 Å². The summed E-state index contributed by atoms with van der Waals surface area (Å²) >= 11 is 0. The molecule has 1 spiro atoms. The normalized spacial score (nSPS) is 22.9. The number of carbonyl (C=O) groups excluding carboxylic acids is 2. The molecule has 1 atom stereocenters. The van der Waals surface area contributed by atoms with Crippen molar-refractivity contribution in [3.05, 3.63) is 29.8 Å². The Balaban J connectivity index is 1.42. The summed E-state index contributed by atoms with van der Waals surface area (Å²) in [4.78, 5) is 25.4. The number of carbonyl (C=O) groups is 2. The molecule has 3 rings (SSSR count). The van der Waals surface area contributed by atoms with E-state index in [-0.39, 0.29) is 17.6 Å². The number of aliphatic hydroxyl groups excluding tert-OH is 1. The Labute approximate surface area is 153 Å². The Morgan fingerprint density at radius 2 is 1.96 bits per heavy atom. The summed E-state index contributed by atoms with van der Waals surface area (Å²) in [6.45, 7) is 3.07. The van der Waals surface area contributed by atoms with Crippen molar-refractivity contribution in [1.29, 1.82) is 0 Å². The van der Waals surface area contributed by atoms with E-state index in [9.17, 15) is 14.7 Å². The molecule has 2 aliphatic rings. The van der Waals surface area contributed by atoms with Gasteiger partial charge in [-0.2, -0.15) is 0 Å². The predicted molar refractivity (Wildman–Crippen MR) is 97.8 cm³/mol. The third kappa shape index (κ3) is 4.41. The summed E-state index contributed by atoms with van der Waals surface area (Å²) in [5, 5.41) is 13.1. The molecular weight excluding hydrogens is 334 g/mol. The molecule has 4 N–H and O–H groups in total. The number of anilines is 1. The Morgan fingerprint density at radius 3 is 2.58 bits per heavy atom. The van der Waals surface area contributed by atoms with Crippen molar-refractivity contribution in [2.24, 2.45) is 5.73 Å². The average Bonchev–Trinajstić information content (AvgIpc) is 2.64. The molecule has 1 aromatic carbocycles. The third-order valence-electron chi connectivity index (χ3n) is 5.43. The first kappa shape index (κ1) is 18.8. The summed E-state index contributed by atoms with van der Waals surface area (Å²) in [5.74, 6) is -0.552. The van der Waals surface area contributed by atoms with Gasteiger partial charge in [-0.1, -0.05) is 0 Å². The number of nitrogens with zero attached hydrogens (tertiary/aromatic N) is 1. The molecule has 1 aromatic rings. The van der Waals surface area contributed by atoms with Crippen LogP contribution in [-0.2, 0) is 9.53 Å². The summed E-state index contributed by atoms with van der Waals surface area (Å²) in [7, 11) is 0. The monoisotopic (exact) mass is 361 g/mol. The summed E-state index contributed by atoms with van der Waals surface area (Å²) in [5.41, 5.74) is 5.89. The highest BCUT2D eigenvalue weighted by Gasteiger charge is 2.43. The van der Waals surface area contributed by atoms with E-state index in [4.69, 9.17) is 10.5 Å². The number of hydrogen-bond donors (Lipinski definition) is 3. The molecule has 0 saturated carbocycles. The number of hydrogen-bond acceptors (Lipinski definition) is 5. The minimum absolute atomic E-state index is 0.0638. The average molecular weight is 361 g/mol. The van der Waals surface area contributed by atoms with Crippen molar-refractivity contribution in [3.63, 3.8) is 0 Å². The Bertz CT molecular complexity index is 639. The number of primary amides is 1. The fourth-order valence-electron chi connectivity index (χ4n) is 3.75. The molecule has 2 saturated heterocycles. The fraction of sp³-hybridized carbons (Fsp3) is 0.579. The van der Waals surface area contributed by atoms with Crippen molar-refractivity contribution < 1.29 is 19.4 Å². The predicted octanol–water partition coefficient (Wildman–Crippen LogP) is 1.12. The van der Waals surface area contributed by atoms with Crippen LogP contribution in [0.1, 0.15) is 42.5 Å². The maximum atomic E-state index is 12.1. The Morgan fingerprint density at radius 1 is 1.27 bits per heavy atom. The van der Waals surface area contributed by atoms with Crippen LogP contribution in [0.3, 0.4) is 0 Å². The molecule has 0 aliphatic carbocycles. The van der Waals surface area contributed by atoms with Gasteiger partial charge in [0, 0.05) is 43.9 Å². The van der Waals surface area contributed by atoms with Gasteiger partial charge < -0.3 is 25.8 Å². The number of amides is 2. The molecule has 26 heavy (non-hydrogen) atoms. The second-order valence-corrected chi connectivity index (χ2v) is 7.15. The van der Waals surface area contributed by atoms with Gasteiger partial charge in [-0.3, -0.25) is 9.59 Å². The van der Waals surface area contributed by atoms with Crippen LogP contribution in [0.4, 0.5) is 5.69 Å². The molecule has 0 radical (unpaired) electrons. The van der Waals surface area contributed by atoms with E-state index in [1.807, 2.05) is 0 Å². The number of aliphatic hydroxyl groups is 1. The molecule has 142 valence electrons. The zero-order valence-electron chi connectivity index (χ0n) is 14.9. The lowest BCUT2D eigenvalue weighted by molar-refractivity contribution is -0.176. The second-order valence-electron chi connectivity index (χ2n) is 7.15. The zero-order valence-corrected chi connectivity index (χ0v) is 14.9. The second kappa shape index (κ2) is 8.16. The van der Waals surface area contributed by atoms with Crippen molar-refractivity contribution in [2.75, 3.05) is 31.6 Å². The van der Waals surface area contributed by atoms with Crippen LogP contribution in [0.5, 0.6) is 0 Å². The summed E-state index contributed by atoms with van der Waals surface area (Å²) < 4.78 is 5.91. The molecule has 7 heteroatoms. The van der Waals surface area contributed by atoms with Gasteiger partial charge in [-0.25, -0.2) is 0 Å². The van der Waals surface area contributed by atoms with Crippen LogP contribution in [0.2, 0.25) is 0 Å². The topological polar surface area (TPSA) is 105 Å². The van der Waals surface area contributed by atoms with Crippen molar-refractivity contribution in [2.45, 2.75) is 43.8 Å². The van der Waals surface area contributed by atoms with Crippen molar-refractivity contribution >= 4 is 17.5 Å². The first-order valence-corrected chi connectivity index (χ1v) is 9.23. The van der Waals surface area contributed by atoms with Gasteiger partial charge >= 0.3 is 0 Å². The molecule has 2 heterocycles. The van der Waals surface area contributed by atoms with Crippen LogP contribution in [0.15, 0.2) is 24.3 Å². The highest BCUT2D eigenvalue weighted by atomic mass is 16.5. The zero-order chi connectivity index (χ0) is 18.6. The lowest BCUT2D eigenvalue weighted by atomic mass is 9.82. The number of benzene rings is 1. The third-order valence-corrected chi connectivity index (χ3v) is 5.43. The van der Waals surface area contributed by atoms with E-state index >= 15 is 0 Å². The number of nitrogens with one attached hydrogen (secondary N) is 1. The van der Waals surface area contributed by atoms with Crippen LogP contribution in [-0.4, -0.2) is 59.8 Å². The fourth-order valence-corrected chi connectivity index (χ4v) is 3.75. The SMILES string of the molecule is NC(=O)c1ccc(NC(=O)CCN2CCC3(CC2)OCCC[C@H]3O)cc1. The number of rotatable bonds is 5. The smallest absolute Gasteiger partial charge is 0.248 e. The number of likely N-dealkylation sites (tertiary alicyclic amines) is 1. The molecule has 2 aliphatic heterocycles. The van der Waals surface area contributed by atoms with Gasteiger partial charge in [-0.15, -0.1) is 0 Å². The highest BCUT2D eigenvalue weighted by Crippen LogP contribution is 2.35. The molecule has 0 unspecified atom stereocenters. The standard InChI is InChI=1S/C19H27N3O4/c20-18(25)14-3-5-15(6-4-14)21-17(24)7-10-22-11-8-19(9-12-22)16(23)2-1-13-26-19/h3-6,16,23H,1-2,7-13H2,(H2,20,25)(H,21,24)/t16-/m1/s1. The Hall–Kier alpha value is -1.96. The van der Waals surface area contributed by atoms with E-state index in [0.29, 0.717) is 24.2 Å². The molecule has 2 fully saturated rings.